The minimum atomic E-state index is -3.93. The molecule has 2 aliphatic carbocycles. The molecule has 0 amide bonds. The molecule has 0 nitrogen and oxygen atoms in total. The second-order valence-corrected chi connectivity index (χ2v) is 24.0. The molecule has 0 bridgehead atoms. The monoisotopic (exact) mass is 846 g/mol. The predicted octanol–water partition coefficient (Wildman–Crippen LogP) is 4.29. The van der Waals surface area contributed by atoms with E-state index < -0.39 is 18.0 Å². The minimum Gasteiger partial charge on any atom is -1.00 e. The van der Waals surface area contributed by atoms with Crippen molar-refractivity contribution < 1.29 is 61.3 Å². The summed E-state index contributed by atoms with van der Waals surface area (Å²) in [4.78, 5) is 0. The topological polar surface area (TPSA) is 0 Å². The molecule has 0 aliphatic heterocycles. The van der Waals surface area contributed by atoms with E-state index in [2.05, 4.69) is 177 Å². The van der Waals surface area contributed by atoms with Crippen molar-refractivity contribution in [3.63, 3.8) is 0 Å². The Morgan fingerprint density at radius 2 is 0.962 bits per heavy atom. The fraction of sp³-hybridized carbons (Fsp3) is 0.304. The van der Waals surface area contributed by atoms with E-state index in [1.165, 1.54) is 88.7 Å². The van der Waals surface area contributed by atoms with Gasteiger partial charge in [-0.3, -0.25) is 0 Å². The third kappa shape index (κ3) is 15.2. The van der Waals surface area contributed by atoms with Gasteiger partial charge in [-0.2, -0.15) is 0 Å². The second-order valence-electron chi connectivity index (χ2n) is 15.6. The molecular formula is C46H49Cl2F3SiZr-2. The first kappa shape index (κ1) is 46.5. The zero-order valence-corrected chi connectivity index (χ0v) is 37.2. The Morgan fingerprint density at radius 1 is 0.604 bits per heavy atom. The Balaban J connectivity index is 0.000000291. The van der Waals surface area contributed by atoms with Gasteiger partial charge < -0.3 is 24.8 Å². The fourth-order valence-electron chi connectivity index (χ4n) is 5.74. The van der Waals surface area contributed by atoms with Crippen LogP contribution in [0.1, 0.15) is 59.1 Å². The predicted molar refractivity (Wildman–Crippen MR) is 210 cm³/mol. The number of fused-ring (bicyclic) bond motifs is 2. The van der Waals surface area contributed by atoms with Crippen molar-refractivity contribution in [2.45, 2.75) is 80.6 Å². The average Bonchev–Trinajstić information content (AvgIpc) is 3.62. The molecule has 7 heteroatoms. The van der Waals surface area contributed by atoms with Gasteiger partial charge in [0.1, 0.15) is 0 Å². The van der Waals surface area contributed by atoms with Crippen molar-refractivity contribution in [2.75, 3.05) is 0 Å². The van der Waals surface area contributed by atoms with Crippen molar-refractivity contribution in [3.8, 4) is 22.3 Å². The van der Waals surface area contributed by atoms with Gasteiger partial charge in [0, 0.05) is 0 Å². The summed E-state index contributed by atoms with van der Waals surface area (Å²) in [6.07, 6.45) is 11.6. The van der Waals surface area contributed by atoms with E-state index in [1.54, 1.807) is 0 Å². The number of allylic oxidation sites excluding steroid dienone is 4. The molecular weight excluding hydrogens is 800 g/mol. The second kappa shape index (κ2) is 19.8. The SMILES string of the molecule is C[Si](=[Zr+2])CCC(F)(F)F.Cc1ccc(-c2cccc3c2=CC(=CC(C)(C)C)[C-]=3)cc1.Cc1ccc(-c2cccc3c2=CC(=CC(C)(C)C)[C-]=3)cc1.[Cl-].[Cl-]. The number of alkyl halides is 3. The standard InChI is InChI=1S/2C21H21.C4H7F3Si.2ClH.Zr/c2*1-15-8-10-17(11-9-15)19-7-5-6-18-12-16(13-20(18)19)14-21(2,3)4;1-8-3-2-4(5,6)7;;;/h2*5-11,13-14H,1-4H3;2-3H2,1H3;2*1H;/q2*-1;;;;+2/p-2. The summed E-state index contributed by atoms with van der Waals surface area (Å²) in [6.45, 7) is 19.5. The summed E-state index contributed by atoms with van der Waals surface area (Å²) < 4.78 is 34.3. The van der Waals surface area contributed by atoms with Crippen molar-refractivity contribution >= 4 is 29.7 Å². The van der Waals surface area contributed by atoms with Gasteiger partial charge in [0.2, 0.25) is 0 Å². The van der Waals surface area contributed by atoms with Gasteiger partial charge in [-0.1, -0.05) is 137 Å². The molecule has 0 atom stereocenters. The molecule has 0 fully saturated rings. The van der Waals surface area contributed by atoms with Crippen molar-refractivity contribution in [2.24, 2.45) is 10.8 Å². The van der Waals surface area contributed by atoms with Gasteiger partial charge in [-0.25, -0.2) is 0 Å². The Kier molecular flexibility index (Phi) is 17.3. The molecule has 4 aromatic rings. The molecule has 0 spiro atoms. The van der Waals surface area contributed by atoms with Crippen molar-refractivity contribution in [1.29, 1.82) is 0 Å². The van der Waals surface area contributed by atoms with Crippen molar-refractivity contribution in [3.05, 3.63) is 140 Å². The summed E-state index contributed by atoms with van der Waals surface area (Å²) >= 11 is 1.29. The van der Waals surface area contributed by atoms with Crippen LogP contribution in [0.5, 0.6) is 0 Å². The zero-order valence-electron chi connectivity index (χ0n) is 32.2. The molecule has 0 saturated carbocycles. The van der Waals surface area contributed by atoms with Crippen LogP contribution in [0.15, 0.2) is 108 Å². The van der Waals surface area contributed by atoms with Crippen LogP contribution in [0, 0.1) is 24.7 Å². The van der Waals surface area contributed by atoms with Crippen LogP contribution in [0.4, 0.5) is 13.2 Å². The number of halogens is 5. The van der Waals surface area contributed by atoms with Gasteiger partial charge >= 0.3 is 67.1 Å². The van der Waals surface area contributed by atoms with Gasteiger partial charge in [0.05, 0.1) is 0 Å². The Hall–Kier alpha value is -2.69. The summed E-state index contributed by atoms with van der Waals surface area (Å²) in [5.74, 6) is 0. The fourth-order valence-corrected chi connectivity index (χ4v) is 7.32. The van der Waals surface area contributed by atoms with E-state index in [9.17, 15) is 13.2 Å². The third-order valence-electron chi connectivity index (χ3n) is 8.06. The molecule has 0 N–H and O–H groups in total. The summed E-state index contributed by atoms with van der Waals surface area (Å²) in [7, 11) is 0. The van der Waals surface area contributed by atoms with E-state index in [0.717, 1.165) is 0 Å². The smallest absolute Gasteiger partial charge is 0.0259 e. The van der Waals surface area contributed by atoms with Crippen molar-refractivity contribution in [1.82, 2.24) is 0 Å². The van der Waals surface area contributed by atoms with E-state index in [-0.39, 0.29) is 35.6 Å². The van der Waals surface area contributed by atoms with E-state index in [4.69, 9.17) is 0 Å². The van der Waals surface area contributed by atoms with Crippen LogP contribution in [0.3, 0.4) is 0 Å². The van der Waals surface area contributed by atoms with Gasteiger partial charge in [0.15, 0.2) is 0 Å². The molecule has 0 radical (unpaired) electrons. The van der Waals surface area contributed by atoms with Crippen LogP contribution < -0.4 is 45.7 Å². The maximum atomic E-state index is 11.4. The van der Waals surface area contributed by atoms with Crippen LogP contribution in [-0.2, 0) is 23.3 Å². The van der Waals surface area contributed by atoms with Crippen LogP contribution in [0.25, 0.3) is 46.6 Å². The van der Waals surface area contributed by atoms with Crippen LogP contribution in [0.2, 0.25) is 12.6 Å². The van der Waals surface area contributed by atoms with Crippen LogP contribution >= 0.6 is 0 Å². The first-order chi connectivity index (χ1) is 23.8. The Bertz CT molecular complexity index is 2040. The number of aryl methyl sites for hydroxylation is 2. The third-order valence-corrected chi connectivity index (χ3v) is 10.9. The average molecular weight is 849 g/mol. The summed E-state index contributed by atoms with van der Waals surface area (Å²) in [5, 5.41) is 4.97. The molecule has 4 aromatic carbocycles. The number of rotatable bonds is 4. The maximum absolute atomic E-state index is 11.4. The normalized spacial score (nSPS) is 14.3. The van der Waals surface area contributed by atoms with Gasteiger partial charge in [-0.15, -0.1) is 80.6 Å². The Morgan fingerprint density at radius 3 is 1.25 bits per heavy atom. The minimum absolute atomic E-state index is 0. The van der Waals surface area contributed by atoms with Gasteiger partial charge in [0.25, 0.3) is 0 Å². The maximum Gasteiger partial charge on any atom is -0.0259 e. The number of benzene rings is 4. The summed E-state index contributed by atoms with van der Waals surface area (Å²) in [6, 6.07) is 30.8. The molecule has 6 rings (SSSR count). The number of hydrogen-bond acceptors (Lipinski definition) is 0. The Labute approximate surface area is 342 Å². The van der Waals surface area contributed by atoms with Crippen LogP contribution in [-0.4, -0.2) is 11.6 Å². The first-order valence-corrected chi connectivity index (χ1v) is 23.4. The molecule has 0 aromatic heterocycles. The zero-order chi connectivity index (χ0) is 37.6. The van der Waals surface area contributed by atoms with E-state index in [0.29, 0.717) is 6.04 Å². The molecule has 53 heavy (non-hydrogen) atoms. The number of hydrogen-bond donors (Lipinski definition) is 0. The molecule has 0 heterocycles. The molecule has 2 aliphatic rings. The van der Waals surface area contributed by atoms with E-state index >= 15 is 0 Å². The first-order valence-electron chi connectivity index (χ1n) is 17.5. The van der Waals surface area contributed by atoms with Gasteiger partial charge in [-0.05, 0) is 35.8 Å². The largest absolute Gasteiger partial charge is 1.00 e. The quantitative estimate of drug-likeness (QED) is 0.213. The molecule has 0 unspecified atom stereocenters. The molecule has 0 saturated heterocycles. The molecule has 278 valence electrons. The van der Waals surface area contributed by atoms with E-state index in [1.807, 2.05) is 6.55 Å². The summed E-state index contributed by atoms with van der Waals surface area (Å²) in [5.41, 5.74) is 9.84.